The van der Waals surface area contributed by atoms with E-state index in [0.29, 0.717) is 24.9 Å². The minimum absolute atomic E-state index is 0.0560. The Morgan fingerprint density at radius 1 is 0.935 bits per heavy atom. The summed E-state index contributed by atoms with van der Waals surface area (Å²) in [6.45, 7) is 1.51. The van der Waals surface area contributed by atoms with Crippen LogP contribution in [0, 0.1) is 0 Å². The molecule has 0 saturated heterocycles. The Morgan fingerprint density at radius 3 is 2.13 bits per heavy atom. The van der Waals surface area contributed by atoms with Crippen molar-refractivity contribution in [3.05, 3.63) is 29.8 Å². The zero-order chi connectivity index (χ0) is 23.4. The molecular weight excluding hydrogens is 406 g/mol. The molecule has 0 spiro atoms. The minimum Gasteiger partial charge on any atom is -0.508 e. The minimum atomic E-state index is -1.18. The first kappa shape index (κ1) is 25.9. The third-order valence-electron chi connectivity index (χ3n) is 4.53. The van der Waals surface area contributed by atoms with Gasteiger partial charge in [0.15, 0.2) is 0 Å². The number of benzene rings is 1. The number of nitrogens with two attached hydrogens (primary N) is 2. The number of carbonyl (C=O) groups is 4. The van der Waals surface area contributed by atoms with Crippen molar-refractivity contribution in [2.24, 2.45) is 11.5 Å². The summed E-state index contributed by atoms with van der Waals surface area (Å²) in [5.74, 6) is -2.97. The molecule has 9 N–H and O–H groups in total. The number of carboxylic acids is 1. The Morgan fingerprint density at radius 2 is 1.58 bits per heavy atom. The highest BCUT2D eigenvalue weighted by molar-refractivity contribution is 5.93. The summed E-state index contributed by atoms with van der Waals surface area (Å²) in [5.41, 5.74) is 11.4. The number of carbonyl (C=O) groups excluding carboxylic acids is 3. The van der Waals surface area contributed by atoms with Crippen molar-refractivity contribution in [2.45, 2.75) is 50.7 Å². The number of hydrogen-bond acceptors (Lipinski definition) is 7. The maximum absolute atomic E-state index is 12.7. The molecule has 0 aromatic heterocycles. The average Bonchev–Trinajstić information content (AvgIpc) is 2.73. The van der Waals surface area contributed by atoms with Crippen LogP contribution in [-0.4, -0.2) is 65.1 Å². The van der Waals surface area contributed by atoms with E-state index in [4.69, 9.17) is 11.5 Å². The highest BCUT2D eigenvalue weighted by atomic mass is 16.4. The Balaban J connectivity index is 2.77. The van der Waals surface area contributed by atoms with Crippen molar-refractivity contribution < 1.29 is 29.4 Å². The van der Waals surface area contributed by atoms with Crippen molar-refractivity contribution >= 4 is 23.7 Å². The quantitative estimate of drug-likeness (QED) is 0.182. The molecule has 0 radical (unpaired) electrons. The molecular formula is C20H31N5O6. The first-order chi connectivity index (χ1) is 14.7. The maximum atomic E-state index is 12.7. The monoisotopic (exact) mass is 437 g/mol. The van der Waals surface area contributed by atoms with E-state index in [1.807, 2.05) is 0 Å². The van der Waals surface area contributed by atoms with Crippen LogP contribution in [0.2, 0.25) is 0 Å². The van der Waals surface area contributed by atoms with Gasteiger partial charge in [-0.15, -0.1) is 0 Å². The molecule has 0 heterocycles. The van der Waals surface area contributed by atoms with Crippen LogP contribution in [0.15, 0.2) is 24.3 Å². The van der Waals surface area contributed by atoms with Gasteiger partial charge in [-0.1, -0.05) is 12.1 Å². The number of rotatable bonds is 13. The summed E-state index contributed by atoms with van der Waals surface area (Å²) in [6, 6.07) is 2.93. The van der Waals surface area contributed by atoms with Crippen LogP contribution in [0.3, 0.4) is 0 Å². The molecule has 1 aromatic carbocycles. The lowest BCUT2D eigenvalue weighted by Crippen LogP contribution is -2.55. The van der Waals surface area contributed by atoms with Crippen molar-refractivity contribution in [2.75, 3.05) is 13.1 Å². The van der Waals surface area contributed by atoms with Gasteiger partial charge in [0, 0.05) is 6.42 Å². The van der Waals surface area contributed by atoms with Gasteiger partial charge in [0.25, 0.3) is 0 Å². The van der Waals surface area contributed by atoms with Gasteiger partial charge in [-0.05, 0) is 50.4 Å². The third kappa shape index (κ3) is 9.45. The second-order valence-corrected chi connectivity index (χ2v) is 7.11. The molecule has 11 nitrogen and oxygen atoms in total. The summed E-state index contributed by atoms with van der Waals surface area (Å²) < 4.78 is 0. The van der Waals surface area contributed by atoms with Gasteiger partial charge >= 0.3 is 5.97 Å². The number of aliphatic carboxylic acids is 1. The van der Waals surface area contributed by atoms with Crippen LogP contribution < -0.4 is 27.4 Å². The standard InChI is InChI=1S/C20H31N5O6/c1-12(18(28)25-15(20(30)31)4-2-3-9-21)23-19(29)16(24-17(27)11-22)10-13-5-7-14(26)8-6-13/h5-8,12,15-16,26H,2-4,9-11,21-22H2,1H3,(H,23,29)(H,24,27)(H,25,28)(H,30,31). The number of unbranched alkanes of at least 4 members (excludes halogenated alkanes) is 1. The second-order valence-electron chi connectivity index (χ2n) is 7.11. The number of phenols is 1. The largest absolute Gasteiger partial charge is 0.508 e. The fraction of sp³-hybridized carbons (Fsp3) is 0.500. The highest BCUT2D eigenvalue weighted by Crippen LogP contribution is 2.11. The predicted octanol–water partition coefficient (Wildman–Crippen LogP) is -1.42. The molecule has 0 bridgehead atoms. The van der Waals surface area contributed by atoms with E-state index in [-0.39, 0.29) is 25.1 Å². The number of hydrogen-bond donors (Lipinski definition) is 7. The molecule has 0 aliphatic rings. The van der Waals surface area contributed by atoms with E-state index in [2.05, 4.69) is 16.0 Å². The molecule has 11 heteroatoms. The number of phenolic OH excluding ortho intramolecular Hbond substituents is 1. The van der Waals surface area contributed by atoms with E-state index < -0.39 is 41.8 Å². The Bertz CT molecular complexity index is 755. The van der Waals surface area contributed by atoms with Crippen LogP contribution in [0.1, 0.15) is 31.7 Å². The van der Waals surface area contributed by atoms with Gasteiger partial charge in [-0.2, -0.15) is 0 Å². The van der Waals surface area contributed by atoms with Gasteiger partial charge in [-0.25, -0.2) is 4.79 Å². The Labute approximate surface area is 180 Å². The molecule has 3 unspecified atom stereocenters. The Hall–Kier alpha value is -3.18. The van der Waals surface area contributed by atoms with Crippen molar-refractivity contribution in [1.82, 2.24) is 16.0 Å². The summed E-state index contributed by atoms with van der Waals surface area (Å²) in [6.07, 6.45) is 1.48. The van der Waals surface area contributed by atoms with E-state index in [1.54, 1.807) is 12.1 Å². The molecule has 3 amide bonds. The number of amides is 3. The number of nitrogens with one attached hydrogen (secondary N) is 3. The molecule has 172 valence electrons. The van der Waals surface area contributed by atoms with Crippen LogP contribution in [0.5, 0.6) is 5.75 Å². The molecule has 31 heavy (non-hydrogen) atoms. The second kappa shape index (κ2) is 13.2. The van der Waals surface area contributed by atoms with Gasteiger partial charge in [0.1, 0.15) is 23.9 Å². The summed E-state index contributed by atoms with van der Waals surface area (Å²) in [5, 5.41) is 26.0. The lowest BCUT2D eigenvalue weighted by Gasteiger charge is -2.22. The van der Waals surface area contributed by atoms with Crippen LogP contribution in [-0.2, 0) is 25.6 Å². The van der Waals surface area contributed by atoms with Gasteiger partial charge in [0.2, 0.25) is 17.7 Å². The maximum Gasteiger partial charge on any atom is 0.326 e. The fourth-order valence-corrected chi connectivity index (χ4v) is 2.76. The molecule has 0 saturated carbocycles. The number of carboxylic acid groups (broad SMARTS) is 1. The normalized spacial score (nSPS) is 13.5. The van der Waals surface area contributed by atoms with E-state index >= 15 is 0 Å². The lowest BCUT2D eigenvalue weighted by atomic mass is 10.0. The topological polar surface area (TPSA) is 197 Å². The molecule has 0 aliphatic heterocycles. The Kier molecular flexibility index (Phi) is 11.0. The summed E-state index contributed by atoms with van der Waals surface area (Å²) in [4.78, 5) is 48.1. The average molecular weight is 437 g/mol. The third-order valence-corrected chi connectivity index (χ3v) is 4.53. The molecule has 1 aromatic rings. The highest BCUT2D eigenvalue weighted by Gasteiger charge is 2.27. The first-order valence-electron chi connectivity index (χ1n) is 9.98. The SMILES string of the molecule is CC(NC(=O)C(Cc1ccc(O)cc1)NC(=O)CN)C(=O)NC(CCCCN)C(=O)O. The molecule has 3 atom stereocenters. The van der Waals surface area contributed by atoms with Crippen molar-refractivity contribution in [1.29, 1.82) is 0 Å². The summed E-state index contributed by atoms with van der Waals surface area (Å²) >= 11 is 0. The zero-order valence-electron chi connectivity index (χ0n) is 17.5. The van der Waals surface area contributed by atoms with Gasteiger partial charge in [0.05, 0.1) is 6.54 Å². The predicted molar refractivity (Wildman–Crippen MR) is 113 cm³/mol. The van der Waals surface area contributed by atoms with Crippen LogP contribution in [0.25, 0.3) is 0 Å². The first-order valence-corrected chi connectivity index (χ1v) is 9.98. The number of aromatic hydroxyl groups is 1. The smallest absolute Gasteiger partial charge is 0.326 e. The van der Waals surface area contributed by atoms with Gasteiger partial charge in [-0.3, -0.25) is 14.4 Å². The fourth-order valence-electron chi connectivity index (χ4n) is 2.76. The van der Waals surface area contributed by atoms with E-state index in [0.717, 1.165) is 0 Å². The van der Waals surface area contributed by atoms with E-state index in [9.17, 15) is 29.4 Å². The molecule has 1 rings (SSSR count). The van der Waals surface area contributed by atoms with E-state index in [1.165, 1.54) is 19.1 Å². The van der Waals surface area contributed by atoms with Gasteiger partial charge < -0.3 is 37.6 Å². The van der Waals surface area contributed by atoms with Crippen LogP contribution in [0.4, 0.5) is 0 Å². The van der Waals surface area contributed by atoms with Crippen molar-refractivity contribution in [3.8, 4) is 5.75 Å². The van der Waals surface area contributed by atoms with Crippen LogP contribution >= 0.6 is 0 Å². The molecule has 0 aliphatic carbocycles. The summed E-state index contributed by atoms with van der Waals surface area (Å²) in [7, 11) is 0. The zero-order valence-corrected chi connectivity index (χ0v) is 17.5. The van der Waals surface area contributed by atoms with Crippen molar-refractivity contribution in [3.63, 3.8) is 0 Å². The lowest BCUT2D eigenvalue weighted by molar-refractivity contribution is -0.142. The molecule has 0 fully saturated rings.